The molecular formula is C18H26N2O4S. The summed E-state index contributed by atoms with van der Waals surface area (Å²) >= 11 is 1.34. The molecule has 1 aliphatic heterocycles. The Morgan fingerprint density at radius 1 is 1.28 bits per heavy atom. The lowest BCUT2D eigenvalue weighted by Gasteiger charge is -2.41. The van der Waals surface area contributed by atoms with Gasteiger partial charge in [-0.1, -0.05) is 0 Å². The zero-order valence-electron chi connectivity index (χ0n) is 15.4. The number of carbonyl (C=O) groups excluding carboxylic acids is 2. The quantitative estimate of drug-likeness (QED) is 0.762. The topological polar surface area (TPSA) is 102 Å². The number of thiophene rings is 1. The van der Waals surface area contributed by atoms with Crippen LogP contribution in [0.4, 0.5) is 5.00 Å². The summed E-state index contributed by atoms with van der Waals surface area (Å²) in [6.07, 6.45) is 1.13. The van der Waals surface area contributed by atoms with Crippen LogP contribution in [0.15, 0.2) is 0 Å². The molecule has 0 spiro atoms. The smallest absolute Gasteiger partial charge is 0.251 e. The zero-order chi connectivity index (χ0) is 18.8. The number of primary amides is 1. The summed E-state index contributed by atoms with van der Waals surface area (Å²) in [6, 6.07) is 0. The summed E-state index contributed by atoms with van der Waals surface area (Å²) in [5.41, 5.74) is 5.13. The van der Waals surface area contributed by atoms with Crippen LogP contribution in [-0.4, -0.2) is 28.6 Å². The summed E-state index contributed by atoms with van der Waals surface area (Å²) in [5.74, 6) is -0.801. The fraction of sp³-hybridized carbons (Fsp3) is 0.667. The molecule has 1 aliphatic carbocycles. The molecule has 2 heterocycles. The molecule has 2 amide bonds. The first-order valence-corrected chi connectivity index (χ1v) is 9.37. The molecule has 1 aromatic heterocycles. The zero-order valence-corrected chi connectivity index (χ0v) is 16.2. The number of nitrogens with two attached hydrogens (primary N) is 1. The van der Waals surface area contributed by atoms with E-state index in [1.54, 1.807) is 6.92 Å². The number of anilines is 1. The molecule has 25 heavy (non-hydrogen) atoms. The van der Waals surface area contributed by atoms with Gasteiger partial charge in [-0.3, -0.25) is 9.59 Å². The Morgan fingerprint density at radius 3 is 2.36 bits per heavy atom. The van der Waals surface area contributed by atoms with Crippen LogP contribution in [0.3, 0.4) is 0 Å². The first-order chi connectivity index (χ1) is 11.4. The summed E-state index contributed by atoms with van der Waals surface area (Å²) in [7, 11) is 0. The van der Waals surface area contributed by atoms with E-state index in [1.165, 1.54) is 11.3 Å². The SMILES string of the molecule is CC(O)C1(C(=O)Nc2sc3c(c2C(N)=O)CC(C)(C)OC3(C)C)CC1. The molecule has 0 saturated heterocycles. The largest absolute Gasteiger partial charge is 0.392 e. The van der Waals surface area contributed by atoms with Crippen molar-refractivity contribution < 1.29 is 19.4 Å². The molecule has 138 valence electrons. The van der Waals surface area contributed by atoms with E-state index >= 15 is 0 Å². The van der Waals surface area contributed by atoms with Crippen LogP contribution in [0, 0.1) is 5.41 Å². The van der Waals surface area contributed by atoms with Gasteiger partial charge in [-0.2, -0.15) is 0 Å². The Morgan fingerprint density at radius 2 is 1.88 bits per heavy atom. The Bertz CT molecular complexity index is 745. The number of nitrogens with one attached hydrogen (secondary N) is 1. The maximum atomic E-state index is 12.7. The van der Waals surface area contributed by atoms with E-state index in [0.29, 0.717) is 29.8 Å². The lowest BCUT2D eigenvalue weighted by molar-refractivity contribution is -0.135. The molecule has 7 heteroatoms. The summed E-state index contributed by atoms with van der Waals surface area (Å²) in [4.78, 5) is 25.7. The minimum absolute atomic E-state index is 0.249. The molecule has 6 nitrogen and oxygen atoms in total. The molecule has 4 N–H and O–H groups in total. The molecule has 2 aliphatic rings. The van der Waals surface area contributed by atoms with Crippen LogP contribution in [0.5, 0.6) is 0 Å². The van der Waals surface area contributed by atoms with Crippen molar-refractivity contribution in [3.8, 4) is 0 Å². The Hall–Kier alpha value is -1.44. The average Bonchev–Trinajstić information content (AvgIpc) is 3.15. The predicted molar refractivity (Wildman–Crippen MR) is 96.7 cm³/mol. The predicted octanol–water partition coefficient (Wildman–Crippen LogP) is 2.53. The third-order valence-corrected chi connectivity index (χ3v) is 6.65. The van der Waals surface area contributed by atoms with Crippen LogP contribution in [0.25, 0.3) is 0 Å². The molecule has 1 fully saturated rings. The minimum Gasteiger partial charge on any atom is -0.392 e. The maximum Gasteiger partial charge on any atom is 0.251 e. The van der Waals surface area contributed by atoms with Crippen LogP contribution in [0.2, 0.25) is 0 Å². The second-order valence-electron chi connectivity index (χ2n) is 8.31. The lowest BCUT2D eigenvalue weighted by Crippen LogP contribution is -2.42. The van der Waals surface area contributed by atoms with Gasteiger partial charge in [0.1, 0.15) is 5.00 Å². The van der Waals surface area contributed by atoms with Gasteiger partial charge < -0.3 is 20.9 Å². The van der Waals surface area contributed by atoms with Crippen molar-refractivity contribution in [3.63, 3.8) is 0 Å². The third kappa shape index (κ3) is 2.98. The number of fused-ring (bicyclic) bond motifs is 1. The minimum atomic E-state index is -0.745. The first kappa shape index (κ1) is 18.4. The highest BCUT2D eigenvalue weighted by Crippen LogP contribution is 2.52. The third-order valence-electron chi connectivity index (χ3n) is 5.20. The maximum absolute atomic E-state index is 12.7. The van der Waals surface area contributed by atoms with E-state index in [2.05, 4.69) is 5.32 Å². The van der Waals surface area contributed by atoms with Crippen LogP contribution >= 0.6 is 11.3 Å². The van der Waals surface area contributed by atoms with Crippen LogP contribution in [-0.2, 0) is 21.6 Å². The van der Waals surface area contributed by atoms with Gasteiger partial charge in [0, 0.05) is 11.3 Å². The molecule has 1 aromatic rings. The van der Waals surface area contributed by atoms with Gasteiger partial charge in [-0.05, 0) is 53.0 Å². The van der Waals surface area contributed by atoms with Crippen molar-refractivity contribution in [1.29, 1.82) is 0 Å². The Balaban J connectivity index is 2.03. The van der Waals surface area contributed by atoms with Crippen LogP contribution < -0.4 is 11.1 Å². The average molecular weight is 366 g/mol. The van der Waals surface area contributed by atoms with Gasteiger partial charge >= 0.3 is 0 Å². The molecule has 3 rings (SSSR count). The number of amides is 2. The molecule has 0 bridgehead atoms. The standard InChI is InChI=1S/C18H26N2O4S/c1-9(21)18(6-7-18)15(23)20-14-11(13(19)22)10-8-16(2,3)24-17(4,5)12(10)25-14/h9,21H,6-8H2,1-5H3,(H2,19,22)(H,20,23). The van der Waals surface area contributed by atoms with Crippen molar-refractivity contribution in [2.75, 3.05) is 5.32 Å². The van der Waals surface area contributed by atoms with Gasteiger partial charge in [0.2, 0.25) is 5.91 Å². The van der Waals surface area contributed by atoms with E-state index in [9.17, 15) is 14.7 Å². The van der Waals surface area contributed by atoms with E-state index in [0.717, 1.165) is 10.4 Å². The van der Waals surface area contributed by atoms with Gasteiger partial charge in [0.05, 0.1) is 28.3 Å². The number of aliphatic hydroxyl groups is 1. The molecule has 1 atom stereocenters. The number of carbonyl (C=O) groups is 2. The number of hydrogen-bond donors (Lipinski definition) is 3. The van der Waals surface area contributed by atoms with E-state index in [4.69, 9.17) is 10.5 Å². The monoisotopic (exact) mass is 366 g/mol. The van der Waals surface area contributed by atoms with Crippen molar-refractivity contribution in [2.24, 2.45) is 11.1 Å². The van der Waals surface area contributed by atoms with Gasteiger partial charge in [0.25, 0.3) is 5.91 Å². The van der Waals surface area contributed by atoms with Gasteiger partial charge in [0.15, 0.2) is 0 Å². The van der Waals surface area contributed by atoms with Crippen molar-refractivity contribution in [2.45, 2.75) is 71.2 Å². The summed E-state index contributed by atoms with van der Waals surface area (Å²) in [5, 5.41) is 13.2. The van der Waals surface area contributed by atoms with E-state index < -0.39 is 28.6 Å². The fourth-order valence-electron chi connectivity index (χ4n) is 3.86. The second-order valence-corrected chi connectivity index (χ2v) is 9.33. The molecule has 0 radical (unpaired) electrons. The number of hydrogen-bond acceptors (Lipinski definition) is 5. The number of rotatable bonds is 4. The normalized spacial score (nSPS) is 23.4. The molecule has 0 aromatic carbocycles. The number of ether oxygens (including phenoxy) is 1. The second kappa shape index (κ2) is 5.53. The molecule has 1 saturated carbocycles. The summed E-state index contributed by atoms with van der Waals surface area (Å²) in [6.45, 7) is 9.49. The number of aliphatic hydroxyl groups excluding tert-OH is 1. The van der Waals surface area contributed by atoms with Crippen molar-refractivity contribution in [3.05, 3.63) is 16.0 Å². The Kier molecular flexibility index (Phi) is 4.06. The molecular weight excluding hydrogens is 340 g/mol. The van der Waals surface area contributed by atoms with Gasteiger partial charge in [-0.15, -0.1) is 11.3 Å². The summed E-state index contributed by atoms with van der Waals surface area (Å²) < 4.78 is 6.16. The lowest BCUT2D eigenvalue weighted by atomic mass is 9.86. The highest BCUT2D eigenvalue weighted by molar-refractivity contribution is 7.17. The van der Waals surface area contributed by atoms with E-state index in [-0.39, 0.29) is 5.91 Å². The Labute approximate surface area is 151 Å². The molecule has 1 unspecified atom stereocenters. The first-order valence-electron chi connectivity index (χ1n) is 8.55. The van der Waals surface area contributed by atoms with Crippen LogP contribution in [0.1, 0.15) is 68.3 Å². The highest BCUT2D eigenvalue weighted by atomic mass is 32.1. The van der Waals surface area contributed by atoms with Crippen molar-refractivity contribution in [1.82, 2.24) is 0 Å². The van der Waals surface area contributed by atoms with E-state index in [1.807, 2.05) is 27.7 Å². The van der Waals surface area contributed by atoms with Crippen molar-refractivity contribution >= 4 is 28.2 Å². The fourth-order valence-corrected chi connectivity index (χ4v) is 5.12. The highest BCUT2D eigenvalue weighted by Gasteiger charge is 2.54. The van der Waals surface area contributed by atoms with Gasteiger partial charge in [-0.25, -0.2) is 0 Å².